The number of hydrogen-bond acceptors (Lipinski definition) is 7. The number of imidazole rings is 1. The van der Waals surface area contributed by atoms with Crippen LogP contribution in [0.5, 0.6) is 0 Å². The molecule has 13 heteroatoms. The Morgan fingerprint density at radius 3 is 2.11 bits per heavy atom. The first-order valence-corrected chi connectivity index (χ1v) is 18.1. The van der Waals surface area contributed by atoms with Crippen molar-refractivity contribution in [3.63, 3.8) is 0 Å². The van der Waals surface area contributed by atoms with Gasteiger partial charge in [-0.25, -0.2) is 4.98 Å². The van der Waals surface area contributed by atoms with E-state index in [4.69, 9.17) is 11.5 Å². The molecule has 5 aromatic rings. The van der Waals surface area contributed by atoms with E-state index in [-0.39, 0.29) is 38.1 Å². The number of nitrogens with two attached hydrogens (primary N) is 2. The molecule has 53 heavy (non-hydrogen) atoms. The van der Waals surface area contributed by atoms with Gasteiger partial charge in [-0.05, 0) is 48.7 Å². The van der Waals surface area contributed by atoms with E-state index in [2.05, 4.69) is 37.8 Å². The number of rotatable bonds is 20. The number of primary amides is 1. The minimum absolute atomic E-state index is 0.0764. The summed E-state index contributed by atoms with van der Waals surface area (Å²) >= 11 is 0. The maximum Gasteiger partial charge on any atom is 0.243 e. The summed E-state index contributed by atoms with van der Waals surface area (Å²) < 4.78 is 0. The van der Waals surface area contributed by atoms with Crippen LogP contribution in [0.1, 0.15) is 43.0 Å². The van der Waals surface area contributed by atoms with Crippen molar-refractivity contribution in [2.75, 3.05) is 18.0 Å². The average Bonchev–Trinajstić information content (AvgIpc) is 3.84. The monoisotopic (exact) mass is 719 g/mol. The number of carbonyl (C=O) groups excluding carboxylic acids is 4. The van der Waals surface area contributed by atoms with E-state index in [1.165, 1.54) is 0 Å². The zero-order chi connectivity index (χ0) is 37.6. The fourth-order valence-electron chi connectivity index (χ4n) is 6.41. The van der Waals surface area contributed by atoms with Crippen LogP contribution in [-0.2, 0) is 38.4 Å². The van der Waals surface area contributed by atoms with Crippen LogP contribution in [-0.4, -0.2) is 75.8 Å². The third kappa shape index (κ3) is 10.5. The molecule has 5 rings (SSSR count). The number of anilines is 1. The average molecular weight is 720 g/mol. The Kier molecular flexibility index (Phi) is 13.8. The smallest absolute Gasteiger partial charge is 0.243 e. The number of aromatic amines is 2. The van der Waals surface area contributed by atoms with Gasteiger partial charge >= 0.3 is 0 Å². The first-order chi connectivity index (χ1) is 25.8. The summed E-state index contributed by atoms with van der Waals surface area (Å²) in [5, 5.41) is 9.49. The second kappa shape index (κ2) is 19.0. The lowest BCUT2D eigenvalue weighted by atomic mass is 10.0. The lowest BCUT2D eigenvalue weighted by Gasteiger charge is -2.34. The number of nitrogens with one attached hydrogen (secondary N) is 5. The molecule has 0 unspecified atom stereocenters. The Hall–Kier alpha value is -5.95. The van der Waals surface area contributed by atoms with Crippen LogP contribution in [0.15, 0.2) is 104 Å². The highest BCUT2D eigenvalue weighted by Gasteiger charge is 2.33. The maximum absolute atomic E-state index is 14.4. The number of para-hydroxylation sites is 2. The zero-order valence-corrected chi connectivity index (χ0v) is 30.0. The SMILES string of the molecule is CCCCN(c1ccccc1)[C@@H](Cc1c[nH]cn1)C(=O)N[C@H](Cc1ccccc1)C(=O)N[C@@H](CCN)C(=O)N[C@@H](Cc1c[nH]c2ccccc12)C(N)=O. The summed E-state index contributed by atoms with van der Waals surface area (Å²) in [6.45, 7) is 2.78. The number of benzene rings is 3. The van der Waals surface area contributed by atoms with Gasteiger partial charge in [0, 0.05) is 54.8 Å². The molecule has 0 aliphatic rings. The molecule has 2 aromatic heterocycles. The molecular formula is C40H49N9O4. The summed E-state index contributed by atoms with van der Waals surface area (Å²) in [5.41, 5.74) is 15.7. The van der Waals surface area contributed by atoms with E-state index in [0.717, 1.165) is 40.6 Å². The number of fused-ring (bicyclic) bond motifs is 1. The number of nitrogens with zero attached hydrogens (tertiary/aromatic N) is 2. The lowest BCUT2D eigenvalue weighted by Crippen LogP contribution is -2.59. The summed E-state index contributed by atoms with van der Waals surface area (Å²) in [7, 11) is 0. The van der Waals surface area contributed by atoms with E-state index in [1.54, 1.807) is 18.7 Å². The molecule has 278 valence electrons. The van der Waals surface area contributed by atoms with Gasteiger partial charge in [0.05, 0.1) is 12.0 Å². The van der Waals surface area contributed by atoms with Crippen LogP contribution < -0.4 is 32.3 Å². The Balaban J connectivity index is 1.38. The number of amides is 4. The Labute approximate surface area is 309 Å². The zero-order valence-electron chi connectivity index (χ0n) is 30.0. The number of carbonyl (C=O) groups is 4. The second-order valence-corrected chi connectivity index (χ2v) is 13.1. The Morgan fingerprint density at radius 2 is 1.43 bits per heavy atom. The van der Waals surface area contributed by atoms with Crippen LogP contribution in [0.25, 0.3) is 10.9 Å². The molecule has 13 nitrogen and oxygen atoms in total. The highest BCUT2D eigenvalue weighted by Crippen LogP contribution is 2.21. The number of H-pyrrole nitrogens is 2. The van der Waals surface area contributed by atoms with E-state index in [0.29, 0.717) is 12.2 Å². The fraction of sp³-hybridized carbons (Fsp3) is 0.325. The van der Waals surface area contributed by atoms with Crippen LogP contribution in [0, 0.1) is 0 Å². The molecule has 0 saturated carbocycles. The summed E-state index contributed by atoms with van der Waals surface area (Å²) in [6, 6.07) is 22.7. The van der Waals surface area contributed by atoms with E-state index < -0.39 is 41.9 Å². The van der Waals surface area contributed by atoms with Gasteiger partial charge in [-0.15, -0.1) is 0 Å². The molecule has 0 radical (unpaired) electrons. The molecule has 0 saturated heterocycles. The van der Waals surface area contributed by atoms with Crippen LogP contribution in [0.2, 0.25) is 0 Å². The molecule has 9 N–H and O–H groups in total. The van der Waals surface area contributed by atoms with Crippen molar-refractivity contribution in [2.45, 2.75) is 69.6 Å². The van der Waals surface area contributed by atoms with Gasteiger partial charge in [-0.2, -0.15) is 0 Å². The largest absolute Gasteiger partial charge is 0.368 e. The summed E-state index contributed by atoms with van der Waals surface area (Å²) in [5.74, 6) is -2.26. The first kappa shape index (κ1) is 38.3. The third-order valence-corrected chi connectivity index (χ3v) is 9.24. The standard InChI is InChI=1S/C40H49N9O4/c1-2-3-20-49(30-14-8-5-9-15-30)36(23-29-25-43-26-45-29)40(53)48-35(21-27-12-6-4-7-13-27)39(52)46-33(18-19-41)38(51)47-34(37(42)50)22-28-24-44-32-17-11-10-16-31(28)32/h4-17,24-26,33-36,44H,2-3,18-23,41H2,1H3,(H2,42,50)(H,43,45)(H,46,52)(H,47,51)(H,48,53)/t33-,34-,35+,36-/m0/s1. The van der Waals surface area contributed by atoms with Gasteiger partial charge in [0.2, 0.25) is 23.6 Å². The normalized spacial score (nSPS) is 13.4. The van der Waals surface area contributed by atoms with Gasteiger partial charge in [-0.3, -0.25) is 19.2 Å². The molecule has 0 fully saturated rings. The topological polar surface area (TPSA) is 204 Å². The van der Waals surface area contributed by atoms with Gasteiger partial charge in [0.25, 0.3) is 0 Å². The molecule has 2 heterocycles. The third-order valence-electron chi connectivity index (χ3n) is 9.24. The van der Waals surface area contributed by atoms with Gasteiger partial charge < -0.3 is 42.3 Å². The van der Waals surface area contributed by atoms with Crippen molar-refractivity contribution in [2.24, 2.45) is 11.5 Å². The molecule has 4 atom stereocenters. The molecule has 0 aliphatic heterocycles. The van der Waals surface area contributed by atoms with Crippen LogP contribution >= 0.6 is 0 Å². The van der Waals surface area contributed by atoms with Crippen molar-refractivity contribution >= 4 is 40.2 Å². The predicted molar refractivity (Wildman–Crippen MR) is 206 cm³/mol. The van der Waals surface area contributed by atoms with Crippen LogP contribution in [0.4, 0.5) is 5.69 Å². The second-order valence-electron chi connectivity index (χ2n) is 13.1. The highest BCUT2D eigenvalue weighted by molar-refractivity contribution is 5.95. The molecule has 3 aromatic carbocycles. The van der Waals surface area contributed by atoms with Crippen molar-refractivity contribution in [1.82, 2.24) is 30.9 Å². The molecule has 0 spiro atoms. The predicted octanol–water partition coefficient (Wildman–Crippen LogP) is 2.88. The van der Waals surface area contributed by atoms with Gasteiger partial charge in [0.1, 0.15) is 24.2 Å². The van der Waals surface area contributed by atoms with Gasteiger partial charge in [0.15, 0.2) is 0 Å². The van der Waals surface area contributed by atoms with Crippen molar-refractivity contribution in [3.05, 3.63) is 120 Å². The molecule has 4 amide bonds. The van der Waals surface area contributed by atoms with Crippen molar-refractivity contribution < 1.29 is 19.2 Å². The molecular weight excluding hydrogens is 670 g/mol. The maximum atomic E-state index is 14.4. The number of hydrogen-bond donors (Lipinski definition) is 7. The van der Waals surface area contributed by atoms with Crippen LogP contribution in [0.3, 0.4) is 0 Å². The fourth-order valence-corrected chi connectivity index (χ4v) is 6.41. The Bertz CT molecular complexity index is 1910. The van der Waals surface area contributed by atoms with Gasteiger partial charge in [-0.1, -0.05) is 80.1 Å². The van der Waals surface area contributed by atoms with E-state index >= 15 is 0 Å². The van der Waals surface area contributed by atoms with Crippen molar-refractivity contribution in [3.8, 4) is 0 Å². The number of unbranched alkanes of at least 4 members (excludes halogenated alkanes) is 1. The Morgan fingerprint density at radius 1 is 0.774 bits per heavy atom. The minimum atomic E-state index is -1.10. The summed E-state index contributed by atoms with van der Waals surface area (Å²) in [4.78, 5) is 67.5. The number of aromatic nitrogens is 3. The molecule has 0 aliphatic carbocycles. The van der Waals surface area contributed by atoms with E-state index in [9.17, 15) is 19.2 Å². The lowest BCUT2D eigenvalue weighted by molar-refractivity contribution is -0.133. The highest BCUT2D eigenvalue weighted by atomic mass is 16.2. The summed E-state index contributed by atoms with van der Waals surface area (Å²) in [6.07, 6.45) is 7.55. The minimum Gasteiger partial charge on any atom is -0.368 e. The molecule has 0 bridgehead atoms. The quantitative estimate of drug-likeness (QED) is 0.0640. The van der Waals surface area contributed by atoms with E-state index in [1.807, 2.05) is 89.8 Å². The first-order valence-electron chi connectivity index (χ1n) is 18.1. The van der Waals surface area contributed by atoms with Crippen molar-refractivity contribution in [1.29, 1.82) is 0 Å².